The number of benzene rings is 1. The summed E-state index contributed by atoms with van der Waals surface area (Å²) < 4.78 is 13.1. The number of nitrogens with one attached hydrogen (secondary N) is 2. The minimum Gasteiger partial charge on any atom is -0.382 e. The lowest BCUT2D eigenvalue weighted by atomic mass is 9.97. The van der Waals surface area contributed by atoms with Crippen molar-refractivity contribution in [2.24, 2.45) is 5.73 Å². The van der Waals surface area contributed by atoms with Crippen LogP contribution in [0.15, 0.2) is 18.2 Å². The maximum Gasteiger partial charge on any atom is 0.141 e. The average Bonchev–Trinajstić information content (AvgIpc) is 2.35. The van der Waals surface area contributed by atoms with Crippen LogP contribution < -0.4 is 16.4 Å². The van der Waals surface area contributed by atoms with Gasteiger partial charge in [0.1, 0.15) is 5.82 Å². The Hall–Kier alpha value is -0.840. The first-order valence-corrected chi connectivity index (χ1v) is 6.72. The highest BCUT2D eigenvalue weighted by molar-refractivity contribution is 6.31. The van der Waals surface area contributed by atoms with Crippen molar-refractivity contribution in [2.75, 3.05) is 18.4 Å². The number of rotatable bonds is 4. The molecule has 1 aliphatic rings. The summed E-state index contributed by atoms with van der Waals surface area (Å²) in [5.74, 6) is -0.381. The largest absolute Gasteiger partial charge is 0.382 e. The van der Waals surface area contributed by atoms with E-state index >= 15 is 0 Å². The van der Waals surface area contributed by atoms with E-state index in [1.807, 2.05) is 0 Å². The zero-order valence-electron chi connectivity index (χ0n) is 10.3. The molecular weight excluding hydrogens is 253 g/mol. The summed E-state index contributed by atoms with van der Waals surface area (Å²) in [5.41, 5.74) is 6.45. The lowest BCUT2D eigenvalue weighted by Crippen LogP contribution is -2.44. The Morgan fingerprint density at radius 1 is 1.50 bits per heavy atom. The topological polar surface area (TPSA) is 50.1 Å². The fraction of sp³-hybridized carbons (Fsp3) is 0.538. The van der Waals surface area contributed by atoms with Crippen molar-refractivity contribution in [3.8, 4) is 0 Å². The number of hydrogen-bond acceptors (Lipinski definition) is 3. The van der Waals surface area contributed by atoms with Gasteiger partial charge < -0.3 is 16.4 Å². The van der Waals surface area contributed by atoms with Crippen LogP contribution in [-0.2, 0) is 0 Å². The van der Waals surface area contributed by atoms with Gasteiger partial charge in [-0.3, -0.25) is 0 Å². The van der Waals surface area contributed by atoms with Crippen molar-refractivity contribution in [2.45, 2.75) is 31.3 Å². The summed E-state index contributed by atoms with van der Waals surface area (Å²) in [7, 11) is 0. The highest BCUT2D eigenvalue weighted by Gasteiger charge is 2.20. The fourth-order valence-corrected chi connectivity index (χ4v) is 2.56. The number of hydrogen-bond donors (Lipinski definition) is 3. The Morgan fingerprint density at radius 2 is 2.33 bits per heavy atom. The molecule has 1 aromatic rings. The van der Waals surface area contributed by atoms with Crippen LogP contribution in [-0.4, -0.2) is 25.2 Å². The van der Waals surface area contributed by atoms with Gasteiger partial charge in [-0.2, -0.15) is 0 Å². The highest BCUT2D eigenvalue weighted by Crippen LogP contribution is 2.22. The van der Waals surface area contributed by atoms with E-state index in [1.165, 1.54) is 6.07 Å². The first-order valence-electron chi connectivity index (χ1n) is 6.34. The third kappa shape index (κ3) is 3.57. The van der Waals surface area contributed by atoms with Gasteiger partial charge in [0, 0.05) is 17.8 Å². The minimum atomic E-state index is -0.381. The molecule has 0 aliphatic carbocycles. The summed E-state index contributed by atoms with van der Waals surface area (Å²) >= 11 is 5.77. The second kappa shape index (κ2) is 6.36. The van der Waals surface area contributed by atoms with Crippen LogP contribution in [0.1, 0.15) is 19.3 Å². The summed E-state index contributed by atoms with van der Waals surface area (Å²) in [6.07, 6.45) is 3.07. The Labute approximate surface area is 112 Å². The zero-order chi connectivity index (χ0) is 13.0. The van der Waals surface area contributed by atoms with Crippen LogP contribution >= 0.6 is 11.6 Å². The monoisotopic (exact) mass is 271 g/mol. The third-order valence-electron chi connectivity index (χ3n) is 3.30. The van der Waals surface area contributed by atoms with Crippen LogP contribution in [0.2, 0.25) is 5.02 Å². The molecular formula is C13H19ClFN3. The minimum absolute atomic E-state index is 0.160. The fourth-order valence-electron chi connectivity index (χ4n) is 2.38. The summed E-state index contributed by atoms with van der Waals surface area (Å²) in [6, 6.07) is 5.61. The van der Waals surface area contributed by atoms with Gasteiger partial charge in [0.25, 0.3) is 0 Å². The standard InChI is InChI=1S/C13H19ClFN3/c14-12-8-10(1-2-13(12)15)18-11-4-6-17-9(7-11)3-5-16/h1-2,8-9,11,17-18H,3-7,16H2. The van der Waals surface area contributed by atoms with E-state index < -0.39 is 0 Å². The second-order valence-corrected chi connectivity index (χ2v) is 5.13. The SMILES string of the molecule is NCCC1CC(Nc2ccc(F)c(Cl)c2)CCN1. The molecule has 1 heterocycles. The highest BCUT2D eigenvalue weighted by atomic mass is 35.5. The molecule has 1 saturated heterocycles. The molecule has 2 atom stereocenters. The van der Waals surface area contributed by atoms with Crippen LogP contribution in [0.5, 0.6) is 0 Å². The number of nitrogens with two attached hydrogens (primary N) is 1. The van der Waals surface area contributed by atoms with E-state index in [9.17, 15) is 4.39 Å². The maximum atomic E-state index is 13.1. The van der Waals surface area contributed by atoms with Crippen molar-refractivity contribution in [3.63, 3.8) is 0 Å². The molecule has 1 aliphatic heterocycles. The van der Waals surface area contributed by atoms with Gasteiger partial charge in [0.2, 0.25) is 0 Å². The van der Waals surface area contributed by atoms with Gasteiger partial charge in [-0.25, -0.2) is 4.39 Å². The van der Waals surface area contributed by atoms with Crippen LogP contribution in [0, 0.1) is 5.82 Å². The van der Waals surface area contributed by atoms with E-state index in [0.29, 0.717) is 18.6 Å². The maximum absolute atomic E-state index is 13.1. The van der Waals surface area contributed by atoms with Crippen LogP contribution in [0.3, 0.4) is 0 Å². The molecule has 18 heavy (non-hydrogen) atoms. The Bertz CT molecular complexity index is 398. The van der Waals surface area contributed by atoms with Gasteiger partial charge in [-0.1, -0.05) is 11.6 Å². The lowest BCUT2D eigenvalue weighted by molar-refractivity contribution is 0.363. The number of halogens is 2. The zero-order valence-corrected chi connectivity index (χ0v) is 11.0. The molecule has 0 aromatic heterocycles. The van der Waals surface area contributed by atoms with Crippen molar-refractivity contribution in [1.29, 1.82) is 0 Å². The van der Waals surface area contributed by atoms with Gasteiger partial charge in [-0.15, -0.1) is 0 Å². The summed E-state index contributed by atoms with van der Waals surface area (Å²) in [6.45, 7) is 1.68. The van der Waals surface area contributed by atoms with Gasteiger partial charge in [-0.05, 0) is 50.6 Å². The quantitative estimate of drug-likeness (QED) is 0.788. The first kappa shape index (κ1) is 13.6. The molecule has 0 spiro atoms. The van der Waals surface area contributed by atoms with Crippen LogP contribution in [0.25, 0.3) is 0 Å². The molecule has 5 heteroatoms. The number of piperidine rings is 1. The van der Waals surface area contributed by atoms with Gasteiger partial charge in [0.05, 0.1) is 5.02 Å². The molecule has 3 nitrogen and oxygen atoms in total. The molecule has 100 valence electrons. The van der Waals surface area contributed by atoms with E-state index in [4.69, 9.17) is 17.3 Å². The van der Waals surface area contributed by atoms with Gasteiger partial charge >= 0.3 is 0 Å². The molecule has 0 saturated carbocycles. The van der Waals surface area contributed by atoms with Crippen molar-refractivity contribution >= 4 is 17.3 Å². The Kier molecular flexibility index (Phi) is 4.80. The molecule has 0 bridgehead atoms. The van der Waals surface area contributed by atoms with E-state index in [2.05, 4.69) is 10.6 Å². The van der Waals surface area contributed by atoms with E-state index in [0.717, 1.165) is 31.5 Å². The predicted octanol–water partition coefficient (Wildman–Crippen LogP) is 2.36. The Morgan fingerprint density at radius 3 is 3.06 bits per heavy atom. The van der Waals surface area contributed by atoms with Crippen molar-refractivity contribution in [1.82, 2.24) is 5.32 Å². The summed E-state index contributed by atoms with van der Waals surface area (Å²) in [5, 5.41) is 7.02. The van der Waals surface area contributed by atoms with E-state index in [1.54, 1.807) is 12.1 Å². The van der Waals surface area contributed by atoms with Crippen molar-refractivity contribution in [3.05, 3.63) is 29.0 Å². The second-order valence-electron chi connectivity index (χ2n) is 4.72. The molecule has 2 unspecified atom stereocenters. The molecule has 1 aromatic carbocycles. The molecule has 4 N–H and O–H groups in total. The molecule has 2 rings (SSSR count). The summed E-state index contributed by atoms with van der Waals surface area (Å²) in [4.78, 5) is 0. The first-order chi connectivity index (χ1) is 8.69. The normalized spacial score (nSPS) is 23.9. The third-order valence-corrected chi connectivity index (χ3v) is 3.59. The molecule has 1 fully saturated rings. The van der Waals surface area contributed by atoms with Crippen LogP contribution in [0.4, 0.5) is 10.1 Å². The molecule has 0 amide bonds. The predicted molar refractivity (Wildman–Crippen MR) is 73.5 cm³/mol. The lowest BCUT2D eigenvalue weighted by Gasteiger charge is -2.31. The Balaban J connectivity index is 1.93. The van der Waals surface area contributed by atoms with Crippen molar-refractivity contribution < 1.29 is 4.39 Å². The molecule has 0 radical (unpaired) electrons. The van der Waals surface area contributed by atoms with E-state index in [-0.39, 0.29) is 10.8 Å². The number of anilines is 1. The average molecular weight is 272 g/mol. The smallest absolute Gasteiger partial charge is 0.141 e. The van der Waals surface area contributed by atoms with Gasteiger partial charge in [0.15, 0.2) is 0 Å².